The molecule has 1 heterocycles. The second-order valence-electron chi connectivity index (χ2n) is 7.58. The van der Waals surface area contributed by atoms with Crippen LogP contribution < -0.4 is 4.90 Å². The molecule has 0 aliphatic carbocycles. The zero-order chi connectivity index (χ0) is 21.3. The van der Waals surface area contributed by atoms with Crippen LogP contribution in [-0.2, 0) is 15.3 Å². The van der Waals surface area contributed by atoms with E-state index in [1.54, 1.807) is 0 Å². The van der Waals surface area contributed by atoms with E-state index in [2.05, 4.69) is 0 Å². The molecular weight excluding hydrogens is 390 g/mol. The number of imide groups is 1. The van der Waals surface area contributed by atoms with Gasteiger partial charge in [-0.2, -0.15) is 0 Å². The molecule has 30 heavy (non-hydrogen) atoms. The molecule has 3 aromatic carbocycles. The van der Waals surface area contributed by atoms with E-state index >= 15 is 0 Å². The quantitative estimate of drug-likeness (QED) is 0.494. The van der Waals surface area contributed by atoms with E-state index in [1.807, 2.05) is 93.6 Å². The Bertz CT molecular complexity index is 1150. The lowest BCUT2D eigenvalue weighted by Gasteiger charge is -2.18. The maximum absolute atomic E-state index is 13.5. The van der Waals surface area contributed by atoms with Gasteiger partial charge in [0.25, 0.3) is 11.8 Å². The van der Waals surface area contributed by atoms with Crippen LogP contribution in [0, 0.1) is 20.8 Å². The third-order valence-electron chi connectivity index (χ3n) is 5.21. The molecule has 1 aliphatic rings. The molecule has 0 N–H and O–H groups in total. The van der Waals surface area contributed by atoms with Gasteiger partial charge in [0, 0.05) is 5.75 Å². The zero-order valence-electron chi connectivity index (χ0n) is 17.3. The number of rotatable bonds is 5. The van der Waals surface area contributed by atoms with E-state index in [-0.39, 0.29) is 11.8 Å². The van der Waals surface area contributed by atoms with Crippen molar-refractivity contribution < 1.29 is 9.59 Å². The predicted molar refractivity (Wildman–Crippen MR) is 124 cm³/mol. The molecule has 150 valence electrons. The minimum atomic E-state index is -0.256. The number of thioether (sulfide) groups is 1. The molecule has 3 aromatic rings. The maximum atomic E-state index is 13.5. The van der Waals surface area contributed by atoms with Crippen molar-refractivity contribution in [2.24, 2.45) is 0 Å². The molecule has 0 fully saturated rings. The number of amides is 2. The van der Waals surface area contributed by atoms with Crippen LogP contribution in [0.25, 0.3) is 5.57 Å². The van der Waals surface area contributed by atoms with Crippen LogP contribution in [-0.4, -0.2) is 11.8 Å². The normalized spacial score (nSPS) is 14.0. The molecule has 0 saturated carbocycles. The van der Waals surface area contributed by atoms with Gasteiger partial charge in [-0.3, -0.25) is 9.59 Å². The minimum Gasteiger partial charge on any atom is -0.268 e. The smallest absolute Gasteiger partial charge is 0.268 e. The van der Waals surface area contributed by atoms with Gasteiger partial charge in [-0.15, -0.1) is 11.8 Å². The van der Waals surface area contributed by atoms with Crippen molar-refractivity contribution in [3.63, 3.8) is 0 Å². The highest BCUT2D eigenvalue weighted by molar-refractivity contribution is 8.03. The molecule has 0 radical (unpaired) electrons. The molecule has 3 nitrogen and oxygen atoms in total. The molecule has 1 aliphatic heterocycles. The molecule has 0 atom stereocenters. The van der Waals surface area contributed by atoms with E-state index in [1.165, 1.54) is 16.7 Å². The fourth-order valence-corrected chi connectivity index (χ4v) is 4.59. The summed E-state index contributed by atoms with van der Waals surface area (Å²) in [6.07, 6.45) is 0. The van der Waals surface area contributed by atoms with E-state index in [0.29, 0.717) is 21.9 Å². The predicted octanol–water partition coefficient (Wildman–Crippen LogP) is 5.83. The van der Waals surface area contributed by atoms with Gasteiger partial charge in [-0.25, -0.2) is 4.90 Å². The fraction of sp³-hybridized carbons (Fsp3) is 0.154. The summed E-state index contributed by atoms with van der Waals surface area (Å²) in [6.45, 7) is 5.90. The van der Waals surface area contributed by atoms with Crippen molar-refractivity contribution in [1.82, 2.24) is 0 Å². The first-order valence-corrected chi connectivity index (χ1v) is 10.9. The van der Waals surface area contributed by atoms with Gasteiger partial charge in [0.15, 0.2) is 0 Å². The summed E-state index contributed by atoms with van der Waals surface area (Å²) in [5.74, 6) is 0.129. The van der Waals surface area contributed by atoms with E-state index in [4.69, 9.17) is 0 Å². The largest absolute Gasteiger partial charge is 0.272 e. The van der Waals surface area contributed by atoms with Gasteiger partial charge in [-0.05, 0) is 49.1 Å². The lowest BCUT2D eigenvalue weighted by molar-refractivity contribution is -0.119. The third kappa shape index (κ3) is 3.83. The molecule has 0 bridgehead atoms. The molecule has 4 rings (SSSR count). The summed E-state index contributed by atoms with van der Waals surface area (Å²) in [5, 5.41) is 0. The van der Waals surface area contributed by atoms with Gasteiger partial charge in [-0.1, -0.05) is 72.3 Å². The number of anilines is 1. The lowest BCUT2D eigenvalue weighted by atomic mass is 10.0. The average Bonchev–Trinajstić information content (AvgIpc) is 2.99. The van der Waals surface area contributed by atoms with Gasteiger partial charge < -0.3 is 0 Å². The average molecular weight is 414 g/mol. The molecule has 4 heteroatoms. The van der Waals surface area contributed by atoms with Crippen molar-refractivity contribution >= 4 is 34.8 Å². The Kier molecular flexibility index (Phi) is 5.60. The van der Waals surface area contributed by atoms with Gasteiger partial charge in [0.1, 0.15) is 0 Å². The van der Waals surface area contributed by atoms with Crippen molar-refractivity contribution in [3.8, 4) is 0 Å². The highest BCUT2D eigenvalue weighted by Crippen LogP contribution is 2.40. The van der Waals surface area contributed by atoms with Crippen LogP contribution in [0.4, 0.5) is 5.69 Å². The summed E-state index contributed by atoms with van der Waals surface area (Å²) in [6, 6.07) is 23.6. The topological polar surface area (TPSA) is 37.4 Å². The van der Waals surface area contributed by atoms with Gasteiger partial charge in [0.2, 0.25) is 0 Å². The first kappa shape index (κ1) is 20.2. The van der Waals surface area contributed by atoms with E-state index in [9.17, 15) is 9.59 Å². The minimum absolute atomic E-state index is 0.245. The Morgan fingerprint density at radius 2 is 1.43 bits per heavy atom. The van der Waals surface area contributed by atoms with Gasteiger partial charge in [0.05, 0.1) is 16.2 Å². The number of hydrogen-bond donors (Lipinski definition) is 0. The summed E-state index contributed by atoms with van der Waals surface area (Å²) in [7, 11) is 0. The van der Waals surface area contributed by atoms with Crippen molar-refractivity contribution in [2.75, 3.05) is 4.90 Å². The Balaban J connectivity index is 1.77. The number of carbonyl (C=O) groups excluding carboxylic acids is 2. The number of nitrogens with zero attached hydrogens (tertiary/aromatic N) is 1. The van der Waals surface area contributed by atoms with Gasteiger partial charge >= 0.3 is 0 Å². The highest BCUT2D eigenvalue weighted by Gasteiger charge is 2.40. The highest BCUT2D eigenvalue weighted by atomic mass is 32.2. The molecule has 2 amide bonds. The number of carbonyl (C=O) groups is 2. The van der Waals surface area contributed by atoms with Crippen LogP contribution in [0.5, 0.6) is 0 Å². The Hall–Kier alpha value is -3.11. The van der Waals surface area contributed by atoms with Crippen LogP contribution in [0.15, 0.2) is 77.7 Å². The SMILES string of the molecule is Cc1ccc(C2=C(SCc3ccccc3)C(=O)N(c3cc(C)ccc3C)C2=O)cc1. The van der Waals surface area contributed by atoms with Crippen LogP contribution in [0.3, 0.4) is 0 Å². The summed E-state index contributed by atoms with van der Waals surface area (Å²) in [4.78, 5) is 28.8. The van der Waals surface area contributed by atoms with Crippen molar-refractivity contribution in [2.45, 2.75) is 26.5 Å². The molecule has 0 saturated heterocycles. The van der Waals surface area contributed by atoms with Crippen LogP contribution >= 0.6 is 11.8 Å². The second kappa shape index (κ2) is 8.33. The zero-order valence-corrected chi connectivity index (χ0v) is 18.1. The second-order valence-corrected chi connectivity index (χ2v) is 8.57. The van der Waals surface area contributed by atoms with Crippen LogP contribution in [0.1, 0.15) is 27.8 Å². The summed E-state index contributed by atoms with van der Waals surface area (Å²) >= 11 is 1.43. The lowest BCUT2D eigenvalue weighted by Crippen LogP contribution is -2.32. The first-order chi connectivity index (χ1) is 14.5. The number of aryl methyl sites for hydroxylation is 3. The Morgan fingerprint density at radius 3 is 2.13 bits per heavy atom. The first-order valence-electron chi connectivity index (χ1n) is 9.90. The monoisotopic (exact) mass is 413 g/mol. The van der Waals surface area contributed by atoms with E-state index in [0.717, 1.165) is 27.8 Å². The fourth-order valence-electron chi connectivity index (χ4n) is 3.53. The number of hydrogen-bond acceptors (Lipinski definition) is 3. The molecular formula is C26H23NO2S. The van der Waals surface area contributed by atoms with E-state index < -0.39 is 0 Å². The maximum Gasteiger partial charge on any atom is 0.272 e. The van der Waals surface area contributed by atoms with Crippen LogP contribution in [0.2, 0.25) is 0 Å². The summed E-state index contributed by atoms with van der Waals surface area (Å²) in [5.41, 5.74) is 6.07. The Labute approximate surface area is 181 Å². The summed E-state index contributed by atoms with van der Waals surface area (Å²) < 4.78 is 0. The van der Waals surface area contributed by atoms with Crippen molar-refractivity contribution in [3.05, 3.63) is 106 Å². The standard InChI is InChI=1S/C26H23NO2S/c1-17-10-13-21(14-11-17)23-24(30-16-20-7-5-4-6-8-20)26(29)27(25(23)28)22-15-18(2)9-12-19(22)3/h4-15H,16H2,1-3H3. The van der Waals surface area contributed by atoms with Crippen molar-refractivity contribution in [1.29, 1.82) is 0 Å². The molecule has 0 aromatic heterocycles. The number of benzene rings is 3. The Morgan fingerprint density at radius 1 is 0.767 bits per heavy atom. The molecule has 0 unspecified atom stereocenters. The third-order valence-corrected chi connectivity index (χ3v) is 6.36. The molecule has 0 spiro atoms.